The van der Waals surface area contributed by atoms with E-state index in [9.17, 15) is 4.79 Å². The number of likely N-dealkylation sites (N-methyl/N-ethyl adjacent to an activating group) is 1. The molecule has 2 rings (SSSR count). The Morgan fingerprint density at radius 3 is 2.20 bits per heavy atom. The Morgan fingerprint density at radius 2 is 1.60 bits per heavy atom. The maximum absolute atomic E-state index is 11.4. The zero-order valence-electron chi connectivity index (χ0n) is 11.7. The Hall–Kier alpha value is -2.49. The molecule has 4 heteroatoms. The van der Waals surface area contributed by atoms with Crippen molar-refractivity contribution in [2.24, 2.45) is 0 Å². The molecule has 0 aromatic heterocycles. The van der Waals surface area contributed by atoms with Crippen molar-refractivity contribution in [3.05, 3.63) is 54.6 Å². The molecule has 20 heavy (non-hydrogen) atoms. The monoisotopic (exact) mass is 270 g/mol. The predicted octanol–water partition coefficient (Wildman–Crippen LogP) is 2.90. The third kappa shape index (κ3) is 4.02. The van der Waals surface area contributed by atoms with E-state index in [2.05, 4.69) is 5.32 Å². The van der Waals surface area contributed by atoms with Gasteiger partial charge in [-0.2, -0.15) is 0 Å². The minimum Gasteiger partial charge on any atom is -0.484 e. The lowest BCUT2D eigenvalue weighted by molar-refractivity contribution is -0.130. The summed E-state index contributed by atoms with van der Waals surface area (Å²) in [6, 6.07) is 17.5. The number of hydrogen-bond acceptors (Lipinski definition) is 3. The van der Waals surface area contributed by atoms with Crippen LogP contribution in [0.2, 0.25) is 0 Å². The third-order valence-electron chi connectivity index (χ3n) is 2.78. The summed E-state index contributed by atoms with van der Waals surface area (Å²) < 4.78 is 5.42. The van der Waals surface area contributed by atoms with Gasteiger partial charge in [0.15, 0.2) is 6.61 Å². The van der Waals surface area contributed by atoms with Gasteiger partial charge in [0.1, 0.15) is 5.75 Å². The van der Waals surface area contributed by atoms with Crippen molar-refractivity contribution in [1.29, 1.82) is 0 Å². The first-order valence-corrected chi connectivity index (χ1v) is 6.40. The number of carbonyl (C=O) groups is 1. The number of carbonyl (C=O) groups excluding carboxylic acids is 1. The normalized spacial score (nSPS) is 9.90. The van der Waals surface area contributed by atoms with Crippen molar-refractivity contribution in [3.8, 4) is 5.75 Å². The molecule has 0 atom stereocenters. The highest BCUT2D eigenvalue weighted by Crippen LogP contribution is 2.19. The Balaban J connectivity index is 1.91. The van der Waals surface area contributed by atoms with Crippen LogP contribution in [0.4, 0.5) is 11.4 Å². The summed E-state index contributed by atoms with van der Waals surface area (Å²) in [6.45, 7) is 0.0540. The van der Waals surface area contributed by atoms with E-state index >= 15 is 0 Å². The number of amides is 1. The molecule has 0 saturated carbocycles. The first kappa shape index (κ1) is 13.9. The van der Waals surface area contributed by atoms with Gasteiger partial charge in [-0.3, -0.25) is 4.79 Å². The number of hydrogen-bond donors (Lipinski definition) is 1. The van der Waals surface area contributed by atoms with Crippen LogP contribution in [0.15, 0.2) is 54.6 Å². The fourth-order valence-electron chi connectivity index (χ4n) is 1.60. The van der Waals surface area contributed by atoms with Crippen molar-refractivity contribution in [3.63, 3.8) is 0 Å². The minimum absolute atomic E-state index is 0.0540. The van der Waals surface area contributed by atoms with E-state index in [-0.39, 0.29) is 12.5 Å². The van der Waals surface area contributed by atoms with Gasteiger partial charge < -0.3 is 15.0 Å². The fraction of sp³-hybridized carbons (Fsp3) is 0.188. The molecular weight excluding hydrogens is 252 g/mol. The molecule has 0 bridgehead atoms. The van der Waals surface area contributed by atoms with E-state index in [4.69, 9.17) is 4.74 Å². The summed E-state index contributed by atoms with van der Waals surface area (Å²) >= 11 is 0. The van der Waals surface area contributed by atoms with Crippen molar-refractivity contribution in [1.82, 2.24) is 4.90 Å². The van der Waals surface area contributed by atoms with Crippen LogP contribution < -0.4 is 10.1 Å². The number of ether oxygens (including phenoxy) is 1. The number of benzene rings is 2. The number of anilines is 2. The summed E-state index contributed by atoms with van der Waals surface area (Å²) in [5.74, 6) is 0.621. The molecule has 0 heterocycles. The Kier molecular flexibility index (Phi) is 4.60. The van der Waals surface area contributed by atoms with E-state index in [0.29, 0.717) is 5.75 Å². The molecule has 1 amide bonds. The van der Waals surface area contributed by atoms with Gasteiger partial charge in [0.2, 0.25) is 0 Å². The molecule has 4 nitrogen and oxygen atoms in total. The molecule has 0 radical (unpaired) electrons. The van der Waals surface area contributed by atoms with Gasteiger partial charge in [0.05, 0.1) is 0 Å². The Morgan fingerprint density at radius 1 is 1.00 bits per heavy atom. The molecule has 1 N–H and O–H groups in total. The van der Waals surface area contributed by atoms with Crippen molar-refractivity contribution in [2.75, 3.05) is 26.0 Å². The van der Waals surface area contributed by atoms with E-state index in [0.717, 1.165) is 11.4 Å². The molecule has 0 aliphatic heterocycles. The average Bonchev–Trinajstić information content (AvgIpc) is 2.47. The van der Waals surface area contributed by atoms with E-state index in [1.807, 2.05) is 54.6 Å². The molecule has 2 aromatic rings. The molecule has 104 valence electrons. The second-order valence-electron chi connectivity index (χ2n) is 4.59. The van der Waals surface area contributed by atoms with Crippen molar-refractivity contribution in [2.45, 2.75) is 0 Å². The molecule has 0 aliphatic rings. The SMILES string of the molecule is CN(C)C(=O)COc1ccc(Nc2ccccc2)cc1. The first-order valence-electron chi connectivity index (χ1n) is 6.40. The fourth-order valence-corrected chi connectivity index (χ4v) is 1.60. The highest BCUT2D eigenvalue weighted by molar-refractivity contribution is 5.77. The van der Waals surface area contributed by atoms with E-state index in [1.165, 1.54) is 4.90 Å². The predicted molar refractivity (Wildman–Crippen MR) is 80.4 cm³/mol. The molecular formula is C16H18N2O2. The van der Waals surface area contributed by atoms with Crippen LogP contribution in [0.1, 0.15) is 0 Å². The van der Waals surface area contributed by atoms with Crippen LogP contribution in [0.3, 0.4) is 0 Å². The smallest absolute Gasteiger partial charge is 0.259 e. The van der Waals surface area contributed by atoms with E-state index in [1.54, 1.807) is 14.1 Å². The maximum Gasteiger partial charge on any atom is 0.259 e. The largest absolute Gasteiger partial charge is 0.484 e. The summed E-state index contributed by atoms with van der Waals surface area (Å²) in [7, 11) is 3.41. The quantitative estimate of drug-likeness (QED) is 0.908. The van der Waals surface area contributed by atoms with Gasteiger partial charge in [-0.05, 0) is 36.4 Å². The summed E-state index contributed by atoms with van der Waals surface area (Å²) in [4.78, 5) is 12.9. The van der Waals surface area contributed by atoms with Crippen LogP contribution in [0, 0.1) is 0 Å². The topological polar surface area (TPSA) is 41.6 Å². The Labute approximate surface area is 119 Å². The van der Waals surface area contributed by atoms with Crippen LogP contribution in [-0.2, 0) is 4.79 Å². The molecule has 0 saturated heterocycles. The second kappa shape index (κ2) is 6.61. The standard InChI is InChI=1S/C16H18N2O2/c1-18(2)16(19)12-20-15-10-8-14(9-11-15)17-13-6-4-3-5-7-13/h3-11,17H,12H2,1-2H3. The highest BCUT2D eigenvalue weighted by atomic mass is 16.5. The lowest BCUT2D eigenvalue weighted by Crippen LogP contribution is -2.27. The summed E-state index contributed by atoms with van der Waals surface area (Å²) in [5.41, 5.74) is 2.01. The Bertz CT molecular complexity index is 550. The average molecular weight is 270 g/mol. The van der Waals surface area contributed by atoms with Gasteiger partial charge >= 0.3 is 0 Å². The molecule has 2 aromatic carbocycles. The number of para-hydroxylation sites is 1. The zero-order valence-corrected chi connectivity index (χ0v) is 11.7. The summed E-state index contributed by atoms with van der Waals surface area (Å²) in [5, 5.41) is 3.28. The van der Waals surface area contributed by atoms with Crippen LogP contribution in [0.25, 0.3) is 0 Å². The van der Waals surface area contributed by atoms with Crippen LogP contribution >= 0.6 is 0 Å². The zero-order chi connectivity index (χ0) is 14.4. The van der Waals surface area contributed by atoms with Gasteiger partial charge in [0.25, 0.3) is 5.91 Å². The molecule has 0 aliphatic carbocycles. The van der Waals surface area contributed by atoms with E-state index < -0.39 is 0 Å². The molecule has 0 fully saturated rings. The first-order chi connectivity index (χ1) is 9.65. The molecule has 0 unspecified atom stereocenters. The van der Waals surface area contributed by atoms with Gasteiger partial charge in [0, 0.05) is 25.5 Å². The van der Waals surface area contributed by atoms with Gasteiger partial charge in [-0.25, -0.2) is 0 Å². The molecule has 0 spiro atoms. The van der Waals surface area contributed by atoms with Gasteiger partial charge in [-0.15, -0.1) is 0 Å². The van der Waals surface area contributed by atoms with Crippen LogP contribution in [-0.4, -0.2) is 31.5 Å². The van der Waals surface area contributed by atoms with Crippen molar-refractivity contribution >= 4 is 17.3 Å². The minimum atomic E-state index is -0.0588. The lowest BCUT2D eigenvalue weighted by atomic mass is 10.2. The number of nitrogens with one attached hydrogen (secondary N) is 1. The maximum atomic E-state index is 11.4. The van der Waals surface area contributed by atoms with Crippen molar-refractivity contribution < 1.29 is 9.53 Å². The highest BCUT2D eigenvalue weighted by Gasteiger charge is 2.04. The summed E-state index contributed by atoms with van der Waals surface area (Å²) in [6.07, 6.45) is 0. The third-order valence-corrected chi connectivity index (χ3v) is 2.78. The lowest BCUT2D eigenvalue weighted by Gasteiger charge is -2.12. The van der Waals surface area contributed by atoms with Crippen LogP contribution in [0.5, 0.6) is 5.75 Å². The number of nitrogens with zero attached hydrogens (tertiary/aromatic N) is 1. The number of rotatable bonds is 5. The second-order valence-corrected chi connectivity index (χ2v) is 4.59. The van der Waals surface area contributed by atoms with Gasteiger partial charge in [-0.1, -0.05) is 18.2 Å².